The topological polar surface area (TPSA) is 106 Å². The van der Waals surface area contributed by atoms with E-state index in [1.807, 2.05) is 0 Å². The molecule has 3 rings (SSSR count). The summed E-state index contributed by atoms with van der Waals surface area (Å²) in [6.45, 7) is 1.62. The quantitative estimate of drug-likeness (QED) is 0.612. The van der Waals surface area contributed by atoms with Crippen molar-refractivity contribution >= 4 is 22.7 Å². The number of benzene rings is 2. The third-order valence-corrected chi connectivity index (χ3v) is 4.09. The molecule has 0 bridgehead atoms. The Kier molecular flexibility index (Phi) is 5.73. The summed E-state index contributed by atoms with van der Waals surface area (Å²) < 4.78 is 14.5. The Balaban J connectivity index is 1.50. The molecule has 2 amide bonds. The van der Waals surface area contributed by atoms with Gasteiger partial charge in [0, 0.05) is 18.7 Å². The Morgan fingerprint density at radius 2 is 1.86 bits per heavy atom. The Hall–Kier alpha value is -3.62. The molecule has 9 heteroatoms. The fourth-order valence-corrected chi connectivity index (χ4v) is 2.53. The molecule has 0 radical (unpaired) electrons. The van der Waals surface area contributed by atoms with Gasteiger partial charge in [-0.05, 0) is 36.8 Å². The maximum absolute atomic E-state index is 13.5. The number of aryl methyl sites for hydroxylation is 1. The number of carbonyl (C=O) groups excluding carboxylic acids is 2. The number of nitrogens with zero attached hydrogens (tertiary/aromatic N) is 3. The van der Waals surface area contributed by atoms with Gasteiger partial charge in [-0.3, -0.25) is 14.4 Å². The van der Waals surface area contributed by atoms with Crippen LogP contribution in [0.5, 0.6) is 0 Å². The second-order valence-corrected chi connectivity index (χ2v) is 6.14. The van der Waals surface area contributed by atoms with Crippen molar-refractivity contribution in [1.29, 1.82) is 0 Å². The molecule has 144 valence electrons. The summed E-state index contributed by atoms with van der Waals surface area (Å²) in [7, 11) is 0. The largest absolute Gasteiger partial charge is 0.353 e. The van der Waals surface area contributed by atoms with Crippen molar-refractivity contribution in [3.05, 3.63) is 69.8 Å². The lowest BCUT2D eigenvalue weighted by atomic mass is 10.1. The maximum atomic E-state index is 13.5. The molecule has 1 aromatic heterocycles. The smallest absolute Gasteiger partial charge is 0.278 e. The van der Waals surface area contributed by atoms with E-state index in [1.165, 1.54) is 12.1 Å². The predicted molar refractivity (Wildman–Crippen MR) is 100 cm³/mol. The Morgan fingerprint density at radius 1 is 1.11 bits per heavy atom. The molecular formula is C19H18FN5O3. The molecule has 3 aromatic rings. The third-order valence-electron chi connectivity index (χ3n) is 4.09. The van der Waals surface area contributed by atoms with E-state index in [0.717, 1.165) is 10.7 Å². The lowest BCUT2D eigenvalue weighted by Crippen LogP contribution is -2.38. The zero-order chi connectivity index (χ0) is 20.1. The lowest BCUT2D eigenvalue weighted by molar-refractivity contribution is -0.121. The van der Waals surface area contributed by atoms with Crippen molar-refractivity contribution in [2.24, 2.45) is 0 Å². The van der Waals surface area contributed by atoms with Crippen LogP contribution < -0.4 is 16.2 Å². The van der Waals surface area contributed by atoms with Gasteiger partial charge < -0.3 is 10.6 Å². The van der Waals surface area contributed by atoms with Gasteiger partial charge in [0.2, 0.25) is 5.91 Å². The van der Waals surface area contributed by atoms with Crippen LogP contribution in [0.25, 0.3) is 10.9 Å². The molecule has 2 N–H and O–H groups in total. The number of halogens is 1. The molecule has 0 spiro atoms. The zero-order valence-electron chi connectivity index (χ0n) is 15.1. The van der Waals surface area contributed by atoms with Crippen LogP contribution in [0.15, 0.2) is 47.3 Å². The van der Waals surface area contributed by atoms with Crippen LogP contribution in [-0.2, 0) is 11.3 Å². The highest BCUT2D eigenvalue weighted by molar-refractivity contribution is 5.94. The van der Waals surface area contributed by atoms with Gasteiger partial charge in [0.15, 0.2) is 0 Å². The van der Waals surface area contributed by atoms with Crippen LogP contribution in [0.3, 0.4) is 0 Å². The number of hydrogen-bond acceptors (Lipinski definition) is 5. The highest BCUT2D eigenvalue weighted by Crippen LogP contribution is 2.08. The van der Waals surface area contributed by atoms with Gasteiger partial charge in [-0.15, -0.1) is 5.10 Å². The van der Waals surface area contributed by atoms with E-state index in [2.05, 4.69) is 20.9 Å². The summed E-state index contributed by atoms with van der Waals surface area (Å²) >= 11 is 0. The fraction of sp³-hybridized carbons (Fsp3) is 0.211. The maximum Gasteiger partial charge on any atom is 0.278 e. The fourth-order valence-electron chi connectivity index (χ4n) is 2.53. The second kappa shape index (κ2) is 8.38. The number of hydrogen-bond donors (Lipinski definition) is 2. The highest BCUT2D eigenvalue weighted by Gasteiger charge is 2.10. The molecule has 28 heavy (non-hydrogen) atoms. The number of amides is 2. The van der Waals surface area contributed by atoms with Crippen molar-refractivity contribution < 1.29 is 14.0 Å². The summed E-state index contributed by atoms with van der Waals surface area (Å²) in [5, 5.41) is 13.2. The minimum Gasteiger partial charge on any atom is -0.353 e. The average Bonchev–Trinajstić information content (AvgIpc) is 2.69. The summed E-state index contributed by atoms with van der Waals surface area (Å²) in [4.78, 5) is 36.2. The van der Waals surface area contributed by atoms with E-state index in [9.17, 15) is 18.8 Å². The minimum atomic E-state index is -0.456. The summed E-state index contributed by atoms with van der Waals surface area (Å²) in [5.41, 5.74) is 0.707. The number of rotatable bonds is 6. The SMILES string of the molecule is Cc1ccc(C(=O)NCCNC(=O)Cn2nnc3ccccc3c2=O)cc1F. The normalized spacial score (nSPS) is 10.6. The third kappa shape index (κ3) is 4.37. The van der Waals surface area contributed by atoms with E-state index in [0.29, 0.717) is 16.5 Å². The predicted octanol–water partition coefficient (Wildman–Crippen LogP) is 0.785. The van der Waals surface area contributed by atoms with Gasteiger partial charge in [0.1, 0.15) is 17.9 Å². The highest BCUT2D eigenvalue weighted by atomic mass is 19.1. The van der Waals surface area contributed by atoms with E-state index in [-0.39, 0.29) is 25.2 Å². The number of fused-ring (bicyclic) bond motifs is 1. The van der Waals surface area contributed by atoms with Gasteiger partial charge in [0.05, 0.1) is 5.39 Å². The molecule has 0 saturated carbocycles. The monoisotopic (exact) mass is 383 g/mol. The van der Waals surface area contributed by atoms with Crippen molar-refractivity contribution in [2.45, 2.75) is 13.5 Å². The van der Waals surface area contributed by atoms with Crippen LogP contribution in [0.1, 0.15) is 15.9 Å². The molecule has 2 aromatic carbocycles. The Morgan fingerprint density at radius 3 is 2.64 bits per heavy atom. The van der Waals surface area contributed by atoms with Crippen molar-refractivity contribution in [2.75, 3.05) is 13.1 Å². The standard InChI is InChI=1S/C19H18FN5O3/c1-12-6-7-13(10-15(12)20)18(27)22-9-8-21-17(26)11-25-19(28)14-4-2-3-5-16(14)23-24-25/h2-7,10H,8-9,11H2,1H3,(H,21,26)(H,22,27). The molecule has 0 atom stereocenters. The first-order chi connectivity index (χ1) is 13.5. The van der Waals surface area contributed by atoms with E-state index >= 15 is 0 Å². The molecule has 1 heterocycles. The van der Waals surface area contributed by atoms with Crippen molar-refractivity contribution in [1.82, 2.24) is 25.6 Å². The van der Waals surface area contributed by atoms with Gasteiger partial charge in [0.25, 0.3) is 11.5 Å². The number of aromatic nitrogens is 3. The van der Waals surface area contributed by atoms with Crippen LogP contribution in [0.4, 0.5) is 4.39 Å². The molecule has 8 nitrogen and oxygen atoms in total. The summed E-state index contributed by atoms with van der Waals surface area (Å²) in [6.07, 6.45) is 0. The van der Waals surface area contributed by atoms with Crippen LogP contribution >= 0.6 is 0 Å². The van der Waals surface area contributed by atoms with E-state index in [4.69, 9.17) is 0 Å². The second-order valence-electron chi connectivity index (χ2n) is 6.14. The first kappa shape index (κ1) is 19.2. The minimum absolute atomic E-state index is 0.147. The van der Waals surface area contributed by atoms with E-state index < -0.39 is 23.2 Å². The molecular weight excluding hydrogens is 365 g/mol. The van der Waals surface area contributed by atoms with Crippen LogP contribution in [-0.4, -0.2) is 39.9 Å². The van der Waals surface area contributed by atoms with Crippen molar-refractivity contribution in [3.8, 4) is 0 Å². The lowest BCUT2D eigenvalue weighted by Gasteiger charge is -2.08. The van der Waals surface area contributed by atoms with Crippen LogP contribution in [0, 0.1) is 12.7 Å². The summed E-state index contributed by atoms with van der Waals surface area (Å²) in [6, 6.07) is 10.9. The van der Waals surface area contributed by atoms with Gasteiger partial charge in [-0.2, -0.15) is 0 Å². The van der Waals surface area contributed by atoms with Gasteiger partial charge in [-0.25, -0.2) is 9.07 Å². The molecule has 0 aliphatic rings. The Bertz CT molecular complexity index is 1100. The first-order valence-electron chi connectivity index (χ1n) is 8.59. The average molecular weight is 383 g/mol. The molecule has 0 fully saturated rings. The van der Waals surface area contributed by atoms with Crippen LogP contribution in [0.2, 0.25) is 0 Å². The van der Waals surface area contributed by atoms with Gasteiger partial charge >= 0.3 is 0 Å². The first-order valence-corrected chi connectivity index (χ1v) is 8.59. The number of nitrogens with one attached hydrogen (secondary N) is 2. The molecule has 0 aliphatic heterocycles. The molecule has 0 saturated heterocycles. The molecule has 0 unspecified atom stereocenters. The van der Waals surface area contributed by atoms with Crippen molar-refractivity contribution in [3.63, 3.8) is 0 Å². The van der Waals surface area contributed by atoms with Gasteiger partial charge in [-0.1, -0.05) is 23.4 Å². The Labute approximate surface area is 159 Å². The molecule has 0 aliphatic carbocycles. The van der Waals surface area contributed by atoms with E-state index in [1.54, 1.807) is 31.2 Å². The zero-order valence-corrected chi connectivity index (χ0v) is 15.1. The summed E-state index contributed by atoms with van der Waals surface area (Å²) in [5.74, 6) is -1.34. The number of carbonyl (C=O) groups is 2.